The van der Waals surface area contributed by atoms with E-state index >= 15 is 0 Å². The molecule has 0 fully saturated rings. The molecule has 0 radical (unpaired) electrons. The van der Waals surface area contributed by atoms with Crippen molar-refractivity contribution in [1.29, 1.82) is 0 Å². The average molecular weight is 186 g/mol. The van der Waals surface area contributed by atoms with Crippen LogP contribution >= 0.6 is 0 Å². The summed E-state index contributed by atoms with van der Waals surface area (Å²) in [4.78, 5) is 8.17. The van der Waals surface area contributed by atoms with E-state index in [0.29, 0.717) is 0 Å². The molecule has 0 atom stereocenters. The van der Waals surface area contributed by atoms with E-state index in [2.05, 4.69) is 9.97 Å². The van der Waals surface area contributed by atoms with Gasteiger partial charge in [-0.2, -0.15) is 0 Å². The van der Waals surface area contributed by atoms with E-state index in [-0.39, 0.29) is 6.61 Å². The highest BCUT2D eigenvalue weighted by molar-refractivity contribution is 5.57. The van der Waals surface area contributed by atoms with Crippen molar-refractivity contribution in [3.05, 3.63) is 48.4 Å². The number of hydrogen-bond donors (Lipinski definition) is 1. The summed E-state index contributed by atoms with van der Waals surface area (Å²) in [5, 5.41) is 8.87. The summed E-state index contributed by atoms with van der Waals surface area (Å²) in [6, 6.07) is 7.61. The van der Waals surface area contributed by atoms with Gasteiger partial charge in [0, 0.05) is 18.0 Å². The van der Waals surface area contributed by atoms with Crippen molar-refractivity contribution in [3.63, 3.8) is 0 Å². The van der Waals surface area contributed by atoms with E-state index in [4.69, 9.17) is 5.11 Å². The molecule has 0 spiro atoms. The first-order valence-electron chi connectivity index (χ1n) is 4.36. The summed E-state index contributed by atoms with van der Waals surface area (Å²) >= 11 is 0. The zero-order valence-corrected chi connectivity index (χ0v) is 7.59. The molecule has 3 heteroatoms. The van der Waals surface area contributed by atoms with Gasteiger partial charge in [-0.25, -0.2) is 0 Å². The Labute approximate surface area is 82.1 Å². The lowest BCUT2D eigenvalue weighted by atomic mass is 10.1. The standard InChI is InChI=1S/C11H10N2O/c14-8-9-1-3-10(4-2-9)11-7-12-5-6-13-11/h1-7,14H,8H2. The largest absolute Gasteiger partial charge is 0.392 e. The van der Waals surface area contributed by atoms with Gasteiger partial charge in [-0.3, -0.25) is 9.97 Å². The Hall–Kier alpha value is -1.74. The number of aliphatic hydroxyl groups excluding tert-OH is 1. The minimum Gasteiger partial charge on any atom is -0.392 e. The molecule has 70 valence electrons. The van der Waals surface area contributed by atoms with Gasteiger partial charge in [-0.15, -0.1) is 0 Å². The zero-order chi connectivity index (χ0) is 9.80. The summed E-state index contributed by atoms with van der Waals surface area (Å²) in [7, 11) is 0. The molecule has 1 N–H and O–H groups in total. The normalized spacial score (nSPS) is 10.1. The summed E-state index contributed by atoms with van der Waals surface area (Å²) < 4.78 is 0. The Morgan fingerprint density at radius 1 is 1.07 bits per heavy atom. The summed E-state index contributed by atoms with van der Waals surface area (Å²) in [5.41, 5.74) is 2.75. The van der Waals surface area contributed by atoms with Crippen molar-refractivity contribution < 1.29 is 5.11 Å². The van der Waals surface area contributed by atoms with Crippen molar-refractivity contribution in [3.8, 4) is 11.3 Å². The van der Waals surface area contributed by atoms with Crippen LogP contribution in [0.5, 0.6) is 0 Å². The molecule has 0 saturated carbocycles. The quantitative estimate of drug-likeness (QED) is 0.775. The lowest BCUT2D eigenvalue weighted by molar-refractivity contribution is 0.282. The molecule has 1 aromatic carbocycles. The first-order valence-corrected chi connectivity index (χ1v) is 4.36. The van der Waals surface area contributed by atoms with Crippen molar-refractivity contribution in [2.75, 3.05) is 0 Å². The molecule has 0 amide bonds. The molecule has 2 rings (SSSR count). The Morgan fingerprint density at radius 3 is 2.43 bits per heavy atom. The van der Waals surface area contributed by atoms with E-state index in [9.17, 15) is 0 Å². The fourth-order valence-corrected chi connectivity index (χ4v) is 1.23. The molecule has 1 heterocycles. The van der Waals surface area contributed by atoms with E-state index in [1.807, 2.05) is 24.3 Å². The Balaban J connectivity index is 2.34. The lowest BCUT2D eigenvalue weighted by Gasteiger charge is -2.00. The Morgan fingerprint density at radius 2 is 1.86 bits per heavy atom. The van der Waals surface area contributed by atoms with Crippen LogP contribution in [0, 0.1) is 0 Å². The van der Waals surface area contributed by atoms with Gasteiger partial charge in [0.2, 0.25) is 0 Å². The van der Waals surface area contributed by atoms with Gasteiger partial charge in [0.1, 0.15) is 0 Å². The molecule has 0 aliphatic heterocycles. The molecular weight excluding hydrogens is 176 g/mol. The van der Waals surface area contributed by atoms with E-state index in [1.54, 1.807) is 18.6 Å². The van der Waals surface area contributed by atoms with Gasteiger partial charge in [-0.05, 0) is 5.56 Å². The zero-order valence-electron chi connectivity index (χ0n) is 7.59. The van der Waals surface area contributed by atoms with Crippen LogP contribution in [0.1, 0.15) is 5.56 Å². The third kappa shape index (κ3) is 1.78. The number of hydrogen-bond acceptors (Lipinski definition) is 3. The maximum atomic E-state index is 8.87. The van der Waals surface area contributed by atoms with E-state index < -0.39 is 0 Å². The molecule has 0 aliphatic carbocycles. The van der Waals surface area contributed by atoms with Crippen LogP contribution in [0.3, 0.4) is 0 Å². The minimum absolute atomic E-state index is 0.0702. The summed E-state index contributed by atoms with van der Waals surface area (Å²) in [6.45, 7) is 0.0702. The fraction of sp³-hybridized carbons (Fsp3) is 0.0909. The molecule has 1 aromatic heterocycles. The van der Waals surface area contributed by atoms with Gasteiger partial charge >= 0.3 is 0 Å². The van der Waals surface area contributed by atoms with E-state index in [0.717, 1.165) is 16.8 Å². The Bertz CT molecular complexity index is 397. The number of aromatic nitrogens is 2. The molecule has 0 saturated heterocycles. The minimum atomic E-state index is 0.0702. The van der Waals surface area contributed by atoms with Crippen molar-refractivity contribution in [2.24, 2.45) is 0 Å². The fourth-order valence-electron chi connectivity index (χ4n) is 1.23. The van der Waals surface area contributed by atoms with Gasteiger partial charge < -0.3 is 5.11 Å². The lowest BCUT2D eigenvalue weighted by Crippen LogP contribution is -1.86. The topological polar surface area (TPSA) is 46.0 Å². The van der Waals surface area contributed by atoms with Crippen LogP contribution in [0.4, 0.5) is 0 Å². The van der Waals surface area contributed by atoms with Crippen LogP contribution in [0.2, 0.25) is 0 Å². The monoisotopic (exact) mass is 186 g/mol. The van der Waals surface area contributed by atoms with Crippen molar-refractivity contribution >= 4 is 0 Å². The van der Waals surface area contributed by atoms with Crippen molar-refractivity contribution in [1.82, 2.24) is 9.97 Å². The highest BCUT2D eigenvalue weighted by Gasteiger charge is 1.97. The van der Waals surface area contributed by atoms with Gasteiger partial charge in [-0.1, -0.05) is 24.3 Å². The van der Waals surface area contributed by atoms with Crippen LogP contribution in [0.15, 0.2) is 42.9 Å². The SMILES string of the molecule is OCc1ccc(-c2cnccn2)cc1. The predicted molar refractivity (Wildman–Crippen MR) is 53.4 cm³/mol. The molecule has 3 nitrogen and oxygen atoms in total. The predicted octanol–water partition coefficient (Wildman–Crippen LogP) is 1.64. The highest BCUT2D eigenvalue weighted by atomic mass is 16.3. The van der Waals surface area contributed by atoms with Gasteiger partial charge in [0.25, 0.3) is 0 Å². The summed E-state index contributed by atoms with van der Waals surface area (Å²) in [6.07, 6.45) is 5.02. The molecule has 0 bridgehead atoms. The van der Waals surface area contributed by atoms with Crippen LogP contribution in [0.25, 0.3) is 11.3 Å². The van der Waals surface area contributed by atoms with Crippen LogP contribution < -0.4 is 0 Å². The maximum absolute atomic E-state index is 8.87. The smallest absolute Gasteiger partial charge is 0.0885 e. The van der Waals surface area contributed by atoms with E-state index in [1.165, 1.54) is 0 Å². The molecule has 0 unspecified atom stereocenters. The molecule has 2 aromatic rings. The highest BCUT2D eigenvalue weighted by Crippen LogP contribution is 2.15. The number of nitrogens with zero attached hydrogens (tertiary/aromatic N) is 2. The third-order valence-electron chi connectivity index (χ3n) is 2.00. The second kappa shape index (κ2) is 3.98. The Kier molecular flexibility index (Phi) is 2.51. The first kappa shape index (κ1) is 8.84. The molecule has 0 aliphatic rings. The average Bonchev–Trinajstić information content (AvgIpc) is 2.30. The second-order valence-electron chi connectivity index (χ2n) is 2.95. The molecule has 14 heavy (non-hydrogen) atoms. The summed E-state index contributed by atoms with van der Waals surface area (Å²) in [5.74, 6) is 0. The van der Waals surface area contributed by atoms with Crippen molar-refractivity contribution in [2.45, 2.75) is 6.61 Å². The second-order valence-corrected chi connectivity index (χ2v) is 2.95. The maximum Gasteiger partial charge on any atom is 0.0885 e. The third-order valence-corrected chi connectivity index (χ3v) is 2.00. The van der Waals surface area contributed by atoms with Gasteiger partial charge in [0.05, 0.1) is 18.5 Å². The first-order chi connectivity index (χ1) is 6.90. The number of rotatable bonds is 2. The number of aliphatic hydroxyl groups is 1. The molecular formula is C11H10N2O. The van der Waals surface area contributed by atoms with Crippen LogP contribution in [-0.4, -0.2) is 15.1 Å². The van der Waals surface area contributed by atoms with Gasteiger partial charge in [0.15, 0.2) is 0 Å². The van der Waals surface area contributed by atoms with Crippen LogP contribution in [-0.2, 0) is 6.61 Å². The number of benzene rings is 1.